The number of esters is 1. The first-order chi connectivity index (χ1) is 32.1. The number of quaternary nitrogens is 4. The van der Waals surface area contributed by atoms with Gasteiger partial charge in [0.15, 0.2) is 5.78 Å². The van der Waals surface area contributed by atoms with Gasteiger partial charge >= 0.3 is 5.97 Å². The van der Waals surface area contributed by atoms with E-state index in [1.807, 2.05) is 45.4 Å². The second-order valence-corrected chi connectivity index (χ2v) is 23.2. The van der Waals surface area contributed by atoms with Gasteiger partial charge in [0.25, 0.3) is 0 Å². The van der Waals surface area contributed by atoms with Gasteiger partial charge < -0.3 is 89.3 Å². The van der Waals surface area contributed by atoms with Gasteiger partial charge in [-0.1, -0.05) is 41.6 Å². The zero-order valence-corrected chi connectivity index (χ0v) is 53.5. The average Bonchev–Trinajstić information content (AvgIpc) is 3.24. The number of hydrogen-bond acceptors (Lipinski definition) is 14. The molecule has 0 saturated heterocycles. The van der Waals surface area contributed by atoms with Crippen LogP contribution in [-0.2, 0) is 44.9 Å². The van der Waals surface area contributed by atoms with Crippen LogP contribution in [-0.4, -0.2) is 237 Å². The molecule has 0 radical (unpaired) electrons. The first-order valence-corrected chi connectivity index (χ1v) is 26.5. The van der Waals surface area contributed by atoms with Gasteiger partial charge in [-0.15, -0.1) is 0 Å². The molecule has 0 aliphatic carbocycles. The van der Waals surface area contributed by atoms with Crippen LogP contribution in [0, 0.1) is 47.5 Å². The highest BCUT2D eigenvalue weighted by Crippen LogP contribution is 2.18. The van der Waals surface area contributed by atoms with Crippen LogP contribution in [0.3, 0.4) is 0 Å². The van der Waals surface area contributed by atoms with Gasteiger partial charge in [-0.3, -0.25) is 28.8 Å². The Hall–Kier alpha value is -2.45. The number of ketones is 2. The van der Waals surface area contributed by atoms with E-state index in [0.717, 1.165) is 54.1 Å². The van der Waals surface area contributed by atoms with E-state index in [0.29, 0.717) is 49.2 Å². The van der Waals surface area contributed by atoms with Gasteiger partial charge in [-0.2, -0.15) is 50.5 Å². The van der Waals surface area contributed by atoms with Crippen LogP contribution >= 0.6 is 66.4 Å². The lowest BCUT2D eigenvalue weighted by Gasteiger charge is -2.24. The molecule has 7 N–H and O–H groups in total. The predicted molar refractivity (Wildman–Crippen MR) is 330 cm³/mol. The largest absolute Gasteiger partial charge is 0.461 e. The number of amides is 4. The number of rotatable bonds is 29. The van der Waals surface area contributed by atoms with Crippen LogP contribution in [0.15, 0.2) is 28.7 Å². The zero-order chi connectivity index (χ0) is 54.9. The van der Waals surface area contributed by atoms with Crippen molar-refractivity contribution in [1.82, 2.24) is 21.3 Å². The number of likely N-dealkylation sites (N-methyl/N-ethyl adjacent to an activating group) is 4. The van der Waals surface area contributed by atoms with E-state index in [4.69, 9.17) is 15.6 Å². The van der Waals surface area contributed by atoms with Crippen molar-refractivity contribution in [3.63, 3.8) is 0 Å². The zero-order valence-electron chi connectivity index (χ0n) is 48.4. The number of carbonyl (C=O) groups is 7. The lowest BCUT2D eigenvalue weighted by Crippen LogP contribution is -2.47. The van der Waals surface area contributed by atoms with E-state index < -0.39 is 30.5 Å². The maximum atomic E-state index is 12.1. The van der Waals surface area contributed by atoms with Crippen molar-refractivity contribution in [2.24, 2.45) is 23.5 Å². The number of nitrogens with zero attached hydrogens (tertiary/aromatic N) is 4. The molecule has 0 saturated carbocycles. The normalized spacial score (nSPS) is 12.3. The highest BCUT2D eigenvalue weighted by molar-refractivity contribution is 9.10. The molecular weight excluding hydrogens is 1100 g/mol. The quantitative estimate of drug-likeness (QED) is 0.0244. The number of benzene rings is 1. The van der Waals surface area contributed by atoms with E-state index in [9.17, 15) is 33.6 Å². The molecule has 0 aliphatic heterocycles. The van der Waals surface area contributed by atoms with Crippen molar-refractivity contribution >= 4 is 108 Å². The molecule has 1 aromatic carbocycles. The standard InChI is InChI=1S/C17H25BrN2O3S.C11H22N2O3S.C11H22N2O2S.C8H19N3OS.CH4.4CH3/c1-20(2,3)9-8-19-17(22)14(12-24)10-16(21)23-11-13-6-4-5-7-15(13)18;1-13(2,3)5-4-12-11(16)9(8-17)6-10(15)7-14;1-9(14)7-10(8-16)11(15)12-5-6-13(2,3)4;1-11(2,3)5-4-10-8(12)7(9)6-13;;;;;/h4-7,14H,8-12H2,1-3H3,(H-,19,22,24);9,14H,4-8H2,1-3H3,(H-,12,16,17);10H,5-8H2,1-4H3,(H-,12,15,16);7H,4-6,9H2,1-3H3,(H-,10,12,13);1H4;4*1H3/q;;;;;4*-1/p+4/t14-;9-;10-;7-;;;;;/m0000...../s1. The summed E-state index contributed by atoms with van der Waals surface area (Å²) in [4.78, 5) is 80.7. The minimum Gasteiger partial charge on any atom is -0.461 e. The van der Waals surface area contributed by atoms with Crippen LogP contribution in [0.5, 0.6) is 0 Å². The van der Waals surface area contributed by atoms with E-state index in [-0.39, 0.29) is 104 Å². The summed E-state index contributed by atoms with van der Waals surface area (Å²) in [6.45, 7) is 6.98. The Morgan fingerprint density at radius 2 is 0.880 bits per heavy atom. The Morgan fingerprint density at radius 3 is 1.17 bits per heavy atom. The van der Waals surface area contributed by atoms with Crippen molar-refractivity contribution in [2.45, 2.75) is 46.3 Å². The molecule has 446 valence electrons. The molecule has 18 nitrogen and oxygen atoms in total. The van der Waals surface area contributed by atoms with Gasteiger partial charge in [0, 0.05) is 45.9 Å². The lowest BCUT2D eigenvalue weighted by atomic mass is 10.0. The van der Waals surface area contributed by atoms with Crippen molar-refractivity contribution in [3.8, 4) is 0 Å². The molecular formula is C52H108BrN9O9S4. The predicted octanol–water partition coefficient (Wildman–Crippen LogP) is 3.39. The summed E-state index contributed by atoms with van der Waals surface area (Å²) in [5.41, 5.74) is 6.36. The lowest BCUT2D eigenvalue weighted by molar-refractivity contribution is -0.869. The number of carbonyl (C=O) groups excluding carboxylic acids is 7. The smallest absolute Gasteiger partial charge is 0.306 e. The van der Waals surface area contributed by atoms with E-state index in [1.165, 1.54) is 6.92 Å². The fourth-order valence-corrected chi connectivity index (χ4v) is 6.60. The summed E-state index contributed by atoms with van der Waals surface area (Å²) in [5, 5.41) is 19.9. The number of ether oxygens (including phenoxy) is 1. The highest BCUT2D eigenvalue weighted by Gasteiger charge is 2.23. The molecule has 75 heavy (non-hydrogen) atoms. The summed E-state index contributed by atoms with van der Waals surface area (Å²) in [6.07, 6.45) is 0.361. The summed E-state index contributed by atoms with van der Waals surface area (Å²) in [5.74, 6) is -1.04. The third kappa shape index (κ3) is 54.7. The minimum atomic E-state index is -0.517. The van der Waals surface area contributed by atoms with E-state index in [2.05, 4.69) is 151 Å². The monoisotopic (exact) mass is 1210 g/mol. The molecule has 0 unspecified atom stereocenters. The number of hydrogen-bond donors (Lipinski definition) is 10. The number of halogens is 1. The molecule has 4 atom stereocenters. The Labute approximate surface area is 487 Å². The minimum absolute atomic E-state index is 0. The number of nitrogens with one attached hydrogen (secondary N) is 4. The van der Waals surface area contributed by atoms with E-state index in [1.54, 1.807) is 0 Å². The van der Waals surface area contributed by atoms with Crippen LogP contribution in [0.4, 0.5) is 0 Å². The van der Waals surface area contributed by atoms with Crippen LogP contribution in [0.1, 0.15) is 39.2 Å². The van der Waals surface area contributed by atoms with Crippen molar-refractivity contribution in [3.05, 3.63) is 64.0 Å². The maximum absolute atomic E-state index is 12.1. The summed E-state index contributed by atoms with van der Waals surface area (Å²) >= 11 is 19.7. The van der Waals surface area contributed by atoms with Crippen LogP contribution in [0.25, 0.3) is 0 Å². The fraction of sp³-hybridized carbons (Fsp3) is 0.673. The van der Waals surface area contributed by atoms with Crippen molar-refractivity contribution < 1.29 is 61.3 Å². The molecule has 1 aromatic rings. The number of aliphatic hydroxyl groups is 1. The second kappa shape index (κ2) is 47.5. The number of thiol groups is 4. The van der Waals surface area contributed by atoms with Gasteiger partial charge in [-0.25, -0.2) is 0 Å². The summed E-state index contributed by atoms with van der Waals surface area (Å²) < 4.78 is 9.32. The van der Waals surface area contributed by atoms with Gasteiger partial charge in [0.2, 0.25) is 23.6 Å². The molecule has 0 aliphatic rings. The van der Waals surface area contributed by atoms with Crippen LogP contribution in [0.2, 0.25) is 0 Å². The van der Waals surface area contributed by atoms with Gasteiger partial charge in [-0.05, 0) is 13.0 Å². The first kappa shape index (κ1) is 89.1. The fourth-order valence-electron chi connectivity index (χ4n) is 5.15. The molecule has 1 rings (SSSR count). The average molecular weight is 1210 g/mol. The van der Waals surface area contributed by atoms with E-state index >= 15 is 0 Å². The SMILES string of the molecule is C.CC(=O)C[C@@H](CS)C(=O)NCC[N+](C)(C)C.C[N+](C)(C)CCNC(=O)[C@@H](N)CS.C[N+](C)(C)CCNC(=O)[C@H](CS)CC(=O)CO.C[N+](C)(C)CCNC(=O)[C@H](CS)CC(=O)OCc1ccccc1Br.[CH3-].[CH3-].[CH3-].[CH3-]. The number of aliphatic hydroxyl groups excluding tert-OH is 1. The topological polar surface area (TPSA) is 223 Å². The molecule has 0 bridgehead atoms. The van der Waals surface area contributed by atoms with Gasteiger partial charge in [0.1, 0.15) is 19.0 Å². The molecule has 23 heteroatoms. The Kier molecular flexibility index (Phi) is 56.5. The number of nitrogens with two attached hydrogens (primary N) is 1. The maximum Gasteiger partial charge on any atom is 0.306 e. The molecule has 0 aromatic heterocycles. The van der Waals surface area contributed by atoms with Crippen LogP contribution < -0.4 is 27.0 Å². The number of Topliss-reactive ketones (excluding diaryl/α,β-unsaturated/α-hetero) is 2. The Balaban J connectivity index is -0.000000133. The molecule has 0 spiro atoms. The van der Waals surface area contributed by atoms with Crippen molar-refractivity contribution in [1.29, 1.82) is 0 Å². The van der Waals surface area contributed by atoms with Crippen molar-refractivity contribution in [2.75, 3.05) is 167 Å². The highest BCUT2D eigenvalue weighted by atomic mass is 79.9. The molecule has 0 heterocycles. The third-order valence-electron chi connectivity index (χ3n) is 9.58. The first-order valence-electron chi connectivity index (χ1n) is 23.2. The molecule has 0 fully saturated rings. The van der Waals surface area contributed by atoms with Gasteiger partial charge in [0.05, 0.1) is 167 Å². The third-order valence-corrected chi connectivity index (χ3v) is 12.1. The Bertz CT molecular complexity index is 1710. The summed E-state index contributed by atoms with van der Waals surface area (Å²) in [6, 6.07) is 7.06. The molecule has 4 amide bonds. The second-order valence-electron chi connectivity index (χ2n) is 20.9. The Morgan fingerprint density at radius 1 is 0.560 bits per heavy atom. The summed E-state index contributed by atoms with van der Waals surface area (Å²) in [7, 11) is 24.7.